The van der Waals surface area contributed by atoms with Crippen LogP contribution in [0.15, 0.2) is 24.3 Å². The number of benzene rings is 2. The topological polar surface area (TPSA) is 9.23 Å². The smallest absolute Gasteiger partial charge is 0.128 e. The molecule has 1 saturated carbocycles. The van der Waals surface area contributed by atoms with Crippen LogP contribution in [-0.2, 0) is 6.61 Å². The molecule has 2 aromatic rings. The molecule has 0 spiro atoms. The summed E-state index contributed by atoms with van der Waals surface area (Å²) in [5.74, 6) is 0.744. The molecule has 1 aliphatic carbocycles. The number of fused-ring (bicyclic) bond motifs is 3. The molecule has 3 heteroatoms. The van der Waals surface area contributed by atoms with Crippen LogP contribution in [0.1, 0.15) is 61.6 Å². The van der Waals surface area contributed by atoms with Gasteiger partial charge in [0.15, 0.2) is 0 Å². The standard InChI is InChI=1S/C20H20F2O/c1-11(2)14-9-20-17(8-19(14)22)15-7-16(12-4-3-5-12)18(21)6-13(15)10-23-20/h6-9,11-12H,3-5,10H2,1-2H3. The van der Waals surface area contributed by atoms with Gasteiger partial charge in [-0.1, -0.05) is 20.3 Å². The van der Waals surface area contributed by atoms with E-state index in [-0.39, 0.29) is 17.6 Å². The third kappa shape index (κ3) is 2.34. The summed E-state index contributed by atoms with van der Waals surface area (Å²) in [5.41, 5.74) is 3.90. The Morgan fingerprint density at radius 1 is 1.00 bits per heavy atom. The van der Waals surface area contributed by atoms with Crippen molar-refractivity contribution in [1.82, 2.24) is 0 Å². The lowest BCUT2D eigenvalue weighted by molar-refractivity contribution is 0.300. The van der Waals surface area contributed by atoms with Crippen molar-refractivity contribution in [3.05, 3.63) is 52.6 Å². The monoisotopic (exact) mass is 314 g/mol. The van der Waals surface area contributed by atoms with Crippen LogP contribution in [0.25, 0.3) is 11.1 Å². The Hall–Kier alpha value is -1.90. The van der Waals surface area contributed by atoms with Gasteiger partial charge in [0.25, 0.3) is 0 Å². The molecule has 0 atom stereocenters. The van der Waals surface area contributed by atoms with Crippen molar-refractivity contribution < 1.29 is 13.5 Å². The predicted octanol–water partition coefficient (Wildman–Crippen LogP) is 5.92. The van der Waals surface area contributed by atoms with Gasteiger partial charge in [-0.2, -0.15) is 0 Å². The number of ether oxygens (including phenoxy) is 1. The van der Waals surface area contributed by atoms with E-state index >= 15 is 0 Å². The molecule has 1 fully saturated rings. The molecule has 4 rings (SSSR count). The minimum Gasteiger partial charge on any atom is -0.488 e. The van der Waals surface area contributed by atoms with Crippen LogP contribution in [0.5, 0.6) is 5.75 Å². The molecular formula is C20H20F2O. The Morgan fingerprint density at radius 3 is 2.43 bits per heavy atom. The van der Waals surface area contributed by atoms with Gasteiger partial charge in [-0.3, -0.25) is 0 Å². The maximum atomic E-state index is 14.4. The molecule has 1 aliphatic heterocycles. The maximum Gasteiger partial charge on any atom is 0.128 e. The summed E-state index contributed by atoms with van der Waals surface area (Å²) in [6.07, 6.45) is 3.24. The van der Waals surface area contributed by atoms with Crippen LogP contribution < -0.4 is 4.74 Å². The second-order valence-electron chi connectivity index (χ2n) is 6.97. The molecule has 0 unspecified atom stereocenters. The second-order valence-corrected chi connectivity index (χ2v) is 6.97. The zero-order valence-corrected chi connectivity index (χ0v) is 13.5. The quantitative estimate of drug-likeness (QED) is 0.669. The van der Waals surface area contributed by atoms with E-state index < -0.39 is 0 Å². The van der Waals surface area contributed by atoms with Gasteiger partial charge in [-0.15, -0.1) is 0 Å². The molecule has 2 aromatic carbocycles. The van der Waals surface area contributed by atoms with Gasteiger partial charge >= 0.3 is 0 Å². The van der Waals surface area contributed by atoms with Gasteiger partial charge in [-0.05, 0) is 65.6 Å². The van der Waals surface area contributed by atoms with E-state index in [9.17, 15) is 8.78 Å². The first-order valence-electron chi connectivity index (χ1n) is 8.33. The van der Waals surface area contributed by atoms with Crippen molar-refractivity contribution >= 4 is 0 Å². The molecule has 1 nitrogen and oxygen atoms in total. The summed E-state index contributed by atoms with van der Waals surface area (Å²) in [4.78, 5) is 0. The number of rotatable bonds is 2. The fourth-order valence-corrected chi connectivity index (χ4v) is 3.53. The first kappa shape index (κ1) is 14.7. The maximum absolute atomic E-state index is 14.4. The molecule has 0 N–H and O–H groups in total. The van der Waals surface area contributed by atoms with Crippen molar-refractivity contribution in [3.8, 4) is 16.9 Å². The van der Waals surface area contributed by atoms with E-state index in [0.29, 0.717) is 23.8 Å². The molecule has 0 bridgehead atoms. The minimum atomic E-state index is -0.218. The Kier molecular flexibility index (Phi) is 3.40. The highest BCUT2D eigenvalue weighted by atomic mass is 19.1. The number of halogens is 2. The van der Waals surface area contributed by atoms with Crippen LogP contribution >= 0.6 is 0 Å². The molecule has 0 amide bonds. The van der Waals surface area contributed by atoms with Crippen molar-refractivity contribution in [2.75, 3.05) is 0 Å². The van der Waals surface area contributed by atoms with E-state index in [2.05, 4.69) is 0 Å². The third-order valence-corrected chi connectivity index (χ3v) is 5.16. The molecule has 0 saturated heterocycles. The Labute approximate surface area is 135 Å². The molecule has 0 aromatic heterocycles. The Morgan fingerprint density at radius 2 is 1.78 bits per heavy atom. The Balaban J connectivity index is 1.86. The van der Waals surface area contributed by atoms with Crippen LogP contribution in [0.3, 0.4) is 0 Å². The normalized spacial score (nSPS) is 16.6. The SMILES string of the molecule is CC(C)c1cc2c(cc1F)-c1cc(C3CCC3)c(F)cc1CO2. The van der Waals surface area contributed by atoms with Crippen molar-refractivity contribution in [2.45, 2.75) is 51.6 Å². The lowest BCUT2D eigenvalue weighted by Gasteiger charge is -2.29. The minimum absolute atomic E-state index is 0.101. The summed E-state index contributed by atoms with van der Waals surface area (Å²) in [5, 5.41) is 0. The summed E-state index contributed by atoms with van der Waals surface area (Å²) >= 11 is 0. The van der Waals surface area contributed by atoms with Gasteiger partial charge in [0.05, 0.1) is 0 Å². The number of hydrogen-bond acceptors (Lipinski definition) is 1. The summed E-state index contributed by atoms with van der Waals surface area (Å²) in [6.45, 7) is 4.27. The van der Waals surface area contributed by atoms with Gasteiger partial charge in [-0.25, -0.2) is 8.78 Å². The van der Waals surface area contributed by atoms with E-state index in [1.165, 1.54) is 0 Å². The first-order chi connectivity index (χ1) is 11.0. The molecule has 1 heterocycles. The molecular weight excluding hydrogens is 294 g/mol. The second kappa shape index (κ2) is 5.33. The summed E-state index contributed by atoms with van der Waals surface area (Å²) in [7, 11) is 0. The summed E-state index contributed by atoms with van der Waals surface area (Å²) < 4.78 is 34.5. The van der Waals surface area contributed by atoms with Gasteiger partial charge in [0, 0.05) is 11.1 Å². The highest BCUT2D eigenvalue weighted by molar-refractivity contribution is 5.76. The fraction of sp³-hybridized carbons (Fsp3) is 0.400. The molecule has 23 heavy (non-hydrogen) atoms. The molecule has 2 aliphatic rings. The molecule has 120 valence electrons. The van der Waals surface area contributed by atoms with Crippen molar-refractivity contribution in [3.63, 3.8) is 0 Å². The average Bonchev–Trinajstić information content (AvgIpc) is 2.45. The van der Waals surface area contributed by atoms with Gasteiger partial charge < -0.3 is 4.74 Å². The van der Waals surface area contributed by atoms with Crippen LogP contribution in [0, 0.1) is 11.6 Å². The first-order valence-corrected chi connectivity index (χ1v) is 8.33. The van der Waals surface area contributed by atoms with Crippen LogP contribution in [-0.4, -0.2) is 0 Å². The van der Waals surface area contributed by atoms with E-state index in [1.54, 1.807) is 18.2 Å². The lowest BCUT2D eigenvalue weighted by Crippen LogP contribution is -2.14. The molecule has 0 radical (unpaired) electrons. The zero-order valence-electron chi connectivity index (χ0n) is 13.5. The van der Waals surface area contributed by atoms with Crippen LogP contribution in [0.4, 0.5) is 8.78 Å². The highest BCUT2D eigenvalue weighted by Gasteiger charge is 2.27. The average molecular weight is 314 g/mol. The van der Waals surface area contributed by atoms with Gasteiger partial charge in [0.2, 0.25) is 0 Å². The Bertz CT molecular complexity index is 776. The lowest BCUT2D eigenvalue weighted by atomic mass is 9.78. The third-order valence-electron chi connectivity index (χ3n) is 5.16. The predicted molar refractivity (Wildman–Crippen MR) is 86.8 cm³/mol. The zero-order chi connectivity index (χ0) is 16.1. The summed E-state index contributed by atoms with van der Waals surface area (Å²) in [6, 6.07) is 6.83. The largest absolute Gasteiger partial charge is 0.488 e. The number of hydrogen-bond donors (Lipinski definition) is 0. The van der Waals surface area contributed by atoms with Crippen molar-refractivity contribution in [2.24, 2.45) is 0 Å². The van der Waals surface area contributed by atoms with Crippen molar-refractivity contribution in [1.29, 1.82) is 0 Å². The fourth-order valence-electron chi connectivity index (χ4n) is 3.53. The van der Waals surface area contributed by atoms with Crippen LogP contribution in [0.2, 0.25) is 0 Å². The highest BCUT2D eigenvalue weighted by Crippen LogP contribution is 2.44. The van der Waals surface area contributed by atoms with E-state index in [0.717, 1.165) is 41.5 Å². The van der Waals surface area contributed by atoms with E-state index in [4.69, 9.17) is 4.74 Å². The van der Waals surface area contributed by atoms with Gasteiger partial charge in [0.1, 0.15) is 24.0 Å². The van der Waals surface area contributed by atoms with E-state index in [1.807, 2.05) is 19.9 Å².